The normalized spacial score (nSPS) is 32.4. The fourth-order valence-corrected chi connectivity index (χ4v) is 2.32. The molecule has 1 aliphatic rings. The molecule has 0 N–H and O–H groups in total. The van der Waals surface area contributed by atoms with Gasteiger partial charge in [0, 0.05) is 0 Å². The second-order valence-corrected chi connectivity index (χ2v) is 4.41. The minimum atomic E-state index is 0.889. The van der Waals surface area contributed by atoms with Gasteiger partial charge in [-0.3, -0.25) is 0 Å². The first-order chi connectivity index (χ1) is 5.83. The van der Waals surface area contributed by atoms with Crippen LogP contribution in [0.2, 0.25) is 6.32 Å². The van der Waals surface area contributed by atoms with Crippen molar-refractivity contribution in [3.05, 3.63) is 0 Å². The minimum Gasteiger partial charge on any atom is -0.0884 e. The van der Waals surface area contributed by atoms with E-state index in [9.17, 15) is 0 Å². The van der Waals surface area contributed by atoms with Crippen molar-refractivity contribution in [2.45, 2.75) is 58.2 Å². The van der Waals surface area contributed by atoms with Gasteiger partial charge in [-0.1, -0.05) is 58.2 Å². The molecule has 0 bridgehead atoms. The predicted molar refractivity (Wildman–Crippen MR) is 55.5 cm³/mol. The summed E-state index contributed by atoms with van der Waals surface area (Å²) in [6.45, 7) is 2.39. The summed E-state index contributed by atoms with van der Waals surface area (Å²) in [5.41, 5.74) is 0. The molecule has 1 saturated carbocycles. The van der Waals surface area contributed by atoms with E-state index in [1.54, 1.807) is 0 Å². The summed E-state index contributed by atoms with van der Waals surface area (Å²) in [5.74, 6) is 1.92. The number of hydrogen-bond acceptors (Lipinski definition) is 0. The summed E-state index contributed by atoms with van der Waals surface area (Å²) in [7, 11) is 5.58. The van der Waals surface area contributed by atoms with Crippen LogP contribution in [0.25, 0.3) is 0 Å². The Balaban J connectivity index is 2.20. The fourth-order valence-electron chi connectivity index (χ4n) is 2.32. The number of hydrogen-bond donors (Lipinski definition) is 0. The summed E-state index contributed by atoms with van der Waals surface area (Å²) in [5, 5.41) is 0. The Morgan fingerprint density at radius 2 is 1.67 bits per heavy atom. The molecule has 0 aromatic heterocycles. The van der Waals surface area contributed by atoms with E-state index in [0.717, 1.165) is 18.2 Å². The summed E-state index contributed by atoms with van der Waals surface area (Å²) in [4.78, 5) is 0. The van der Waals surface area contributed by atoms with E-state index in [-0.39, 0.29) is 0 Å². The molecule has 0 atom stereocenters. The first-order valence-corrected chi connectivity index (χ1v) is 5.53. The highest BCUT2D eigenvalue weighted by molar-refractivity contribution is 6.08. The zero-order valence-electron chi connectivity index (χ0n) is 8.39. The Labute approximate surface area is 78.5 Å². The van der Waals surface area contributed by atoms with Crippen molar-refractivity contribution in [1.82, 2.24) is 0 Å². The van der Waals surface area contributed by atoms with E-state index >= 15 is 0 Å². The molecule has 68 valence electrons. The van der Waals surface area contributed by atoms with E-state index in [2.05, 4.69) is 6.92 Å². The summed E-state index contributed by atoms with van der Waals surface area (Å²) in [6, 6.07) is 0. The Bertz CT molecular complexity index is 102. The van der Waals surface area contributed by atoms with Gasteiger partial charge in [0.15, 0.2) is 0 Å². The van der Waals surface area contributed by atoms with E-state index in [4.69, 9.17) is 7.85 Å². The van der Waals surface area contributed by atoms with Gasteiger partial charge in [-0.15, -0.1) is 0 Å². The molecule has 0 unspecified atom stereocenters. The smallest absolute Gasteiger partial charge is 0.0653 e. The maximum Gasteiger partial charge on any atom is 0.0653 e. The van der Waals surface area contributed by atoms with Gasteiger partial charge >= 0.3 is 0 Å². The van der Waals surface area contributed by atoms with Crippen molar-refractivity contribution in [2.24, 2.45) is 11.8 Å². The first kappa shape index (κ1) is 10.1. The van der Waals surface area contributed by atoms with Crippen LogP contribution in [-0.2, 0) is 0 Å². The van der Waals surface area contributed by atoms with Crippen LogP contribution in [0.15, 0.2) is 0 Å². The van der Waals surface area contributed by atoms with Crippen molar-refractivity contribution < 1.29 is 0 Å². The van der Waals surface area contributed by atoms with E-state index in [1.165, 1.54) is 44.9 Å². The zero-order chi connectivity index (χ0) is 8.81. The third-order valence-electron chi connectivity index (χ3n) is 3.19. The lowest BCUT2D eigenvalue weighted by atomic mass is 9.82. The van der Waals surface area contributed by atoms with Crippen molar-refractivity contribution in [2.75, 3.05) is 0 Å². The Morgan fingerprint density at radius 1 is 1.08 bits per heavy atom. The van der Waals surface area contributed by atoms with Gasteiger partial charge in [-0.25, -0.2) is 0 Å². The Hall–Kier alpha value is 0.0649. The molecule has 2 radical (unpaired) electrons. The maximum absolute atomic E-state index is 5.58. The predicted octanol–water partition coefficient (Wildman–Crippen LogP) is 3.57. The molecule has 1 heteroatoms. The highest BCUT2D eigenvalue weighted by Gasteiger charge is 2.12. The van der Waals surface area contributed by atoms with Crippen LogP contribution in [0.3, 0.4) is 0 Å². The Morgan fingerprint density at radius 3 is 2.17 bits per heavy atom. The highest BCUT2D eigenvalue weighted by Crippen LogP contribution is 2.27. The SMILES string of the molecule is [B]CCC1CCCC(C)CCC1. The lowest BCUT2D eigenvalue weighted by molar-refractivity contribution is 0.324. The quantitative estimate of drug-likeness (QED) is 0.547. The van der Waals surface area contributed by atoms with Gasteiger partial charge in [0.1, 0.15) is 0 Å². The van der Waals surface area contributed by atoms with Crippen molar-refractivity contribution in [3.8, 4) is 0 Å². The van der Waals surface area contributed by atoms with Crippen molar-refractivity contribution in [1.29, 1.82) is 0 Å². The van der Waals surface area contributed by atoms with Crippen LogP contribution in [0.1, 0.15) is 51.9 Å². The molecular weight excluding hydrogens is 143 g/mol. The van der Waals surface area contributed by atoms with Crippen LogP contribution in [0.5, 0.6) is 0 Å². The summed E-state index contributed by atoms with van der Waals surface area (Å²) >= 11 is 0. The van der Waals surface area contributed by atoms with E-state index in [1.807, 2.05) is 0 Å². The largest absolute Gasteiger partial charge is 0.0884 e. The van der Waals surface area contributed by atoms with Crippen LogP contribution in [0, 0.1) is 11.8 Å². The Kier molecular flexibility index (Phi) is 4.79. The molecule has 0 amide bonds. The highest BCUT2D eigenvalue weighted by atomic mass is 14.2. The van der Waals surface area contributed by atoms with Gasteiger partial charge in [0.2, 0.25) is 0 Å². The molecule has 1 aliphatic carbocycles. The van der Waals surface area contributed by atoms with E-state index < -0.39 is 0 Å². The van der Waals surface area contributed by atoms with Gasteiger partial charge in [-0.2, -0.15) is 0 Å². The van der Waals surface area contributed by atoms with Crippen LogP contribution in [0.4, 0.5) is 0 Å². The molecular formula is C11H21B. The summed E-state index contributed by atoms with van der Waals surface area (Å²) in [6.07, 6.45) is 10.8. The maximum atomic E-state index is 5.58. The minimum absolute atomic E-state index is 0.889. The lowest BCUT2D eigenvalue weighted by Gasteiger charge is -2.22. The zero-order valence-corrected chi connectivity index (χ0v) is 8.39. The molecule has 1 rings (SSSR count). The topological polar surface area (TPSA) is 0 Å². The third-order valence-corrected chi connectivity index (χ3v) is 3.19. The van der Waals surface area contributed by atoms with Crippen molar-refractivity contribution >= 4 is 7.85 Å². The molecule has 0 heterocycles. The standard InChI is InChI=1S/C11H21B/c1-10-4-2-6-11(8-9-12)7-3-5-10/h10-11H,2-9H2,1H3. The second kappa shape index (κ2) is 5.67. The average Bonchev–Trinajstić information content (AvgIpc) is 2.00. The van der Waals surface area contributed by atoms with Gasteiger partial charge in [0.05, 0.1) is 7.85 Å². The molecule has 0 saturated heterocycles. The molecule has 0 spiro atoms. The average molecular weight is 164 g/mol. The third kappa shape index (κ3) is 3.64. The van der Waals surface area contributed by atoms with Crippen LogP contribution in [-0.4, -0.2) is 7.85 Å². The lowest BCUT2D eigenvalue weighted by Crippen LogP contribution is -2.07. The van der Waals surface area contributed by atoms with Crippen LogP contribution >= 0.6 is 0 Å². The first-order valence-electron chi connectivity index (χ1n) is 5.53. The molecule has 0 nitrogen and oxygen atoms in total. The molecule has 12 heavy (non-hydrogen) atoms. The van der Waals surface area contributed by atoms with Gasteiger partial charge < -0.3 is 0 Å². The van der Waals surface area contributed by atoms with Gasteiger partial charge in [0.25, 0.3) is 0 Å². The van der Waals surface area contributed by atoms with E-state index in [0.29, 0.717) is 0 Å². The van der Waals surface area contributed by atoms with Gasteiger partial charge in [-0.05, 0) is 11.8 Å². The fraction of sp³-hybridized carbons (Fsp3) is 1.00. The second-order valence-electron chi connectivity index (χ2n) is 4.41. The number of rotatable bonds is 2. The molecule has 0 aromatic rings. The monoisotopic (exact) mass is 164 g/mol. The summed E-state index contributed by atoms with van der Waals surface area (Å²) < 4.78 is 0. The molecule has 0 aliphatic heterocycles. The molecule has 0 aromatic carbocycles. The molecule has 1 fully saturated rings. The van der Waals surface area contributed by atoms with Crippen LogP contribution < -0.4 is 0 Å². The van der Waals surface area contributed by atoms with Crippen molar-refractivity contribution in [3.63, 3.8) is 0 Å².